The minimum atomic E-state index is -3.29. The average Bonchev–Trinajstić information content (AvgIpc) is 2.40. The smallest absolute Gasteiger partial charge is 0.282 e. The van der Waals surface area contributed by atoms with Gasteiger partial charge in [0.1, 0.15) is 0 Å². The van der Waals surface area contributed by atoms with Gasteiger partial charge in [-0.3, -0.25) is 0 Å². The summed E-state index contributed by atoms with van der Waals surface area (Å²) in [6.07, 6.45) is 1.17. The minimum absolute atomic E-state index is 0.236. The van der Waals surface area contributed by atoms with Crippen LogP contribution in [0.25, 0.3) is 0 Å². The van der Waals surface area contributed by atoms with Crippen LogP contribution in [0.4, 0.5) is 0 Å². The third-order valence-corrected chi connectivity index (χ3v) is 5.94. The van der Waals surface area contributed by atoms with E-state index in [1.807, 2.05) is 0 Å². The molecule has 7 heteroatoms. The van der Waals surface area contributed by atoms with E-state index in [-0.39, 0.29) is 12.0 Å². The molecular weight excluding hydrogens is 254 g/mol. The number of piperidine rings is 1. The van der Waals surface area contributed by atoms with E-state index in [2.05, 4.69) is 5.32 Å². The first-order chi connectivity index (χ1) is 8.51. The Morgan fingerprint density at radius 2 is 1.61 bits per heavy atom. The fraction of sp³-hybridized carbons (Fsp3) is 1.00. The van der Waals surface area contributed by atoms with Crippen LogP contribution in [0.5, 0.6) is 0 Å². The second kappa shape index (κ2) is 5.83. The molecule has 0 aromatic heterocycles. The van der Waals surface area contributed by atoms with Crippen LogP contribution >= 0.6 is 0 Å². The van der Waals surface area contributed by atoms with Crippen molar-refractivity contribution in [2.75, 3.05) is 39.3 Å². The van der Waals surface area contributed by atoms with Crippen LogP contribution in [0, 0.1) is 5.92 Å². The number of rotatable bonds is 3. The van der Waals surface area contributed by atoms with Crippen molar-refractivity contribution in [3.05, 3.63) is 0 Å². The summed E-state index contributed by atoms with van der Waals surface area (Å²) < 4.78 is 27.9. The van der Waals surface area contributed by atoms with Gasteiger partial charge < -0.3 is 10.4 Å². The van der Waals surface area contributed by atoms with Gasteiger partial charge in [0.15, 0.2) is 0 Å². The van der Waals surface area contributed by atoms with Crippen molar-refractivity contribution < 1.29 is 13.5 Å². The molecule has 2 N–H and O–H groups in total. The first kappa shape index (κ1) is 14.2. The Labute approximate surface area is 109 Å². The maximum atomic E-state index is 12.4. The van der Waals surface area contributed by atoms with E-state index >= 15 is 0 Å². The molecule has 0 spiro atoms. The van der Waals surface area contributed by atoms with E-state index < -0.39 is 10.2 Å². The number of aliphatic hydroxyl groups is 1. The molecule has 0 aromatic rings. The topological polar surface area (TPSA) is 72.9 Å². The van der Waals surface area contributed by atoms with Crippen molar-refractivity contribution in [2.45, 2.75) is 25.9 Å². The van der Waals surface area contributed by atoms with Gasteiger partial charge in [0, 0.05) is 39.3 Å². The summed E-state index contributed by atoms with van der Waals surface area (Å²) in [5.41, 5.74) is 0. The highest BCUT2D eigenvalue weighted by molar-refractivity contribution is 7.86. The molecule has 0 bridgehead atoms. The molecule has 2 rings (SSSR count). The SMILES string of the molecule is CC(O)C1CCN(S(=O)(=O)N2CCNCC2)CC1. The molecule has 2 aliphatic rings. The Kier molecular flexibility index (Phi) is 4.60. The standard InChI is InChI=1S/C11H23N3O3S/c1-10(15)11-2-6-13(7-3-11)18(16,17)14-8-4-12-5-9-14/h10-12,15H,2-9H2,1H3. The Hall–Kier alpha value is -0.210. The Morgan fingerprint density at radius 1 is 1.11 bits per heavy atom. The largest absolute Gasteiger partial charge is 0.393 e. The van der Waals surface area contributed by atoms with Crippen molar-refractivity contribution >= 4 is 10.2 Å². The molecule has 0 aromatic carbocycles. The van der Waals surface area contributed by atoms with Crippen LogP contribution in [-0.2, 0) is 10.2 Å². The lowest BCUT2D eigenvalue weighted by Gasteiger charge is -2.37. The number of nitrogens with one attached hydrogen (secondary N) is 1. The Morgan fingerprint density at radius 3 is 2.11 bits per heavy atom. The second-order valence-electron chi connectivity index (χ2n) is 5.13. The number of aliphatic hydroxyl groups excluding tert-OH is 1. The monoisotopic (exact) mass is 277 g/mol. The van der Waals surface area contributed by atoms with E-state index in [9.17, 15) is 13.5 Å². The highest BCUT2D eigenvalue weighted by Crippen LogP contribution is 2.23. The average molecular weight is 277 g/mol. The summed E-state index contributed by atoms with van der Waals surface area (Å²) in [6.45, 7) is 5.40. The van der Waals surface area contributed by atoms with Crippen molar-refractivity contribution in [1.29, 1.82) is 0 Å². The van der Waals surface area contributed by atoms with Gasteiger partial charge >= 0.3 is 0 Å². The molecule has 0 saturated carbocycles. The molecule has 0 amide bonds. The molecule has 18 heavy (non-hydrogen) atoms. The van der Waals surface area contributed by atoms with Crippen LogP contribution in [0.2, 0.25) is 0 Å². The van der Waals surface area contributed by atoms with Crippen LogP contribution < -0.4 is 5.32 Å². The van der Waals surface area contributed by atoms with Gasteiger partial charge in [0.2, 0.25) is 0 Å². The summed E-state index contributed by atoms with van der Waals surface area (Å²) in [7, 11) is -3.29. The van der Waals surface area contributed by atoms with E-state index in [1.165, 1.54) is 0 Å². The number of hydrogen-bond acceptors (Lipinski definition) is 4. The Bertz CT molecular complexity index is 358. The molecular formula is C11H23N3O3S. The fourth-order valence-corrected chi connectivity index (χ4v) is 4.27. The molecule has 1 atom stereocenters. The van der Waals surface area contributed by atoms with Gasteiger partial charge in [-0.05, 0) is 25.7 Å². The van der Waals surface area contributed by atoms with Crippen LogP contribution in [-0.4, -0.2) is 67.5 Å². The van der Waals surface area contributed by atoms with Gasteiger partial charge in [-0.2, -0.15) is 17.0 Å². The van der Waals surface area contributed by atoms with Crippen molar-refractivity contribution in [1.82, 2.24) is 13.9 Å². The summed E-state index contributed by atoms with van der Waals surface area (Å²) in [5.74, 6) is 0.236. The molecule has 6 nitrogen and oxygen atoms in total. The van der Waals surface area contributed by atoms with Gasteiger partial charge in [0.25, 0.3) is 10.2 Å². The van der Waals surface area contributed by atoms with Crippen LogP contribution in [0.3, 0.4) is 0 Å². The minimum Gasteiger partial charge on any atom is -0.393 e. The zero-order valence-electron chi connectivity index (χ0n) is 10.9. The van der Waals surface area contributed by atoms with Gasteiger partial charge in [-0.15, -0.1) is 0 Å². The number of hydrogen-bond donors (Lipinski definition) is 2. The number of piperazine rings is 1. The lowest BCUT2D eigenvalue weighted by atomic mass is 9.93. The molecule has 2 saturated heterocycles. The zero-order chi connectivity index (χ0) is 13.2. The molecule has 2 heterocycles. The summed E-state index contributed by atoms with van der Waals surface area (Å²) in [5, 5.41) is 12.7. The molecule has 1 unspecified atom stereocenters. The third kappa shape index (κ3) is 3.03. The molecule has 0 aliphatic carbocycles. The van der Waals surface area contributed by atoms with E-state index in [4.69, 9.17) is 0 Å². The quantitative estimate of drug-likeness (QED) is 0.710. The van der Waals surface area contributed by atoms with Crippen molar-refractivity contribution in [3.8, 4) is 0 Å². The first-order valence-electron chi connectivity index (χ1n) is 6.66. The zero-order valence-corrected chi connectivity index (χ0v) is 11.7. The van der Waals surface area contributed by atoms with Crippen LogP contribution in [0.15, 0.2) is 0 Å². The highest BCUT2D eigenvalue weighted by Gasteiger charge is 2.34. The first-order valence-corrected chi connectivity index (χ1v) is 8.05. The van der Waals surface area contributed by atoms with Gasteiger partial charge in [-0.25, -0.2) is 0 Å². The second-order valence-corrected chi connectivity index (χ2v) is 7.06. The maximum absolute atomic E-state index is 12.4. The molecule has 2 aliphatic heterocycles. The normalized spacial score (nSPS) is 27.2. The molecule has 2 fully saturated rings. The highest BCUT2D eigenvalue weighted by atomic mass is 32.2. The van der Waals surface area contributed by atoms with E-state index in [1.54, 1.807) is 15.5 Å². The fourth-order valence-electron chi connectivity index (χ4n) is 2.63. The number of nitrogens with zero attached hydrogens (tertiary/aromatic N) is 2. The van der Waals surface area contributed by atoms with E-state index in [0.29, 0.717) is 26.2 Å². The predicted molar refractivity (Wildman–Crippen MR) is 69.3 cm³/mol. The molecule has 106 valence electrons. The predicted octanol–water partition coefficient (Wildman–Crippen LogP) is -0.771. The summed E-state index contributed by atoms with van der Waals surface area (Å²) in [6, 6.07) is 0. The van der Waals surface area contributed by atoms with Gasteiger partial charge in [0.05, 0.1) is 6.10 Å². The van der Waals surface area contributed by atoms with E-state index in [0.717, 1.165) is 25.9 Å². The lowest BCUT2D eigenvalue weighted by Crippen LogP contribution is -2.53. The molecule has 0 radical (unpaired) electrons. The Balaban J connectivity index is 1.95. The third-order valence-electron chi connectivity index (χ3n) is 3.91. The van der Waals surface area contributed by atoms with Crippen molar-refractivity contribution in [2.24, 2.45) is 5.92 Å². The lowest BCUT2D eigenvalue weighted by molar-refractivity contribution is 0.0896. The summed E-state index contributed by atoms with van der Waals surface area (Å²) in [4.78, 5) is 0. The van der Waals surface area contributed by atoms with Crippen molar-refractivity contribution in [3.63, 3.8) is 0 Å². The summed E-state index contributed by atoms with van der Waals surface area (Å²) >= 11 is 0. The van der Waals surface area contributed by atoms with Gasteiger partial charge in [-0.1, -0.05) is 0 Å². The maximum Gasteiger partial charge on any atom is 0.282 e. The van der Waals surface area contributed by atoms with Crippen LogP contribution in [0.1, 0.15) is 19.8 Å².